The Labute approximate surface area is 166 Å². The molecule has 148 valence electrons. The minimum atomic E-state index is -0.450. The molecule has 1 heterocycles. The number of anilines is 1. The van der Waals surface area contributed by atoms with Crippen LogP contribution in [0.15, 0.2) is 59.4 Å². The third kappa shape index (κ3) is 3.96. The molecule has 0 atom stereocenters. The van der Waals surface area contributed by atoms with Gasteiger partial charge in [0.05, 0.1) is 18.4 Å². The normalized spacial score (nSPS) is 13.1. The zero-order valence-electron chi connectivity index (χ0n) is 15.9. The zero-order chi connectivity index (χ0) is 20.4. The van der Waals surface area contributed by atoms with E-state index >= 15 is 0 Å². The maximum atomic E-state index is 12.9. The van der Waals surface area contributed by atoms with Crippen molar-refractivity contribution in [3.63, 3.8) is 0 Å². The highest BCUT2D eigenvalue weighted by atomic mass is 16.5. The van der Waals surface area contributed by atoms with Gasteiger partial charge in [0.25, 0.3) is 0 Å². The molecule has 1 amide bonds. The van der Waals surface area contributed by atoms with Crippen LogP contribution in [-0.4, -0.2) is 33.3 Å². The van der Waals surface area contributed by atoms with Crippen molar-refractivity contribution in [3.05, 3.63) is 76.5 Å². The lowest BCUT2D eigenvalue weighted by Crippen LogP contribution is -2.29. The molecule has 1 fully saturated rings. The Balaban J connectivity index is 1.53. The van der Waals surface area contributed by atoms with E-state index in [1.165, 1.54) is 11.8 Å². The topological polar surface area (TPSA) is 95.2 Å². The van der Waals surface area contributed by atoms with Crippen LogP contribution in [0.2, 0.25) is 0 Å². The molecule has 0 spiro atoms. The lowest BCUT2D eigenvalue weighted by molar-refractivity contribution is -0.117. The fourth-order valence-electron chi connectivity index (χ4n) is 3.10. The molecule has 2 aromatic carbocycles. The molecule has 3 aromatic rings. The van der Waals surface area contributed by atoms with Crippen LogP contribution in [0.25, 0.3) is 5.69 Å². The van der Waals surface area contributed by atoms with Gasteiger partial charge in [0.2, 0.25) is 5.91 Å². The second-order valence-electron chi connectivity index (χ2n) is 6.86. The molecule has 1 aliphatic carbocycles. The third-order valence-corrected chi connectivity index (χ3v) is 4.70. The number of para-hydroxylation sites is 1. The van der Waals surface area contributed by atoms with E-state index < -0.39 is 5.97 Å². The van der Waals surface area contributed by atoms with Gasteiger partial charge in [-0.3, -0.25) is 4.79 Å². The molecule has 29 heavy (non-hydrogen) atoms. The number of benzene rings is 2. The van der Waals surface area contributed by atoms with Gasteiger partial charge in [-0.2, -0.15) is 5.10 Å². The average Bonchev–Trinajstić information content (AvgIpc) is 3.53. The van der Waals surface area contributed by atoms with Gasteiger partial charge in [0.1, 0.15) is 12.4 Å². The predicted molar refractivity (Wildman–Crippen MR) is 106 cm³/mol. The highest BCUT2D eigenvalue weighted by Gasteiger charge is 2.31. The van der Waals surface area contributed by atoms with Crippen LogP contribution >= 0.6 is 0 Å². The van der Waals surface area contributed by atoms with E-state index in [1.54, 1.807) is 28.8 Å². The predicted octanol–water partition coefficient (Wildman–Crippen LogP) is 2.34. The Morgan fingerprint density at radius 2 is 1.79 bits per heavy atom. The number of hydrogen-bond acceptors (Lipinski definition) is 5. The average molecular weight is 392 g/mol. The van der Waals surface area contributed by atoms with Gasteiger partial charge < -0.3 is 10.1 Å². The summed E-state index contributed by atoms with van der Waals surface area (Å²) in [6.45, 7) is -0.197. The number of nitrogens with one attached hydrogen (secondary N) is 1. The first kappa shape index (κ1) is 18.7. The molecular weight excluding hydrogens is 372 g/mol. The Hall–Kier alpha value is -3.68. The molecule has 1 aliphatic rings. The van der Waals surface area contributed by atoms with Gasteiger partial charge in [-0.05, 0) is 49.2 Å². The third-order valence-electron chi connectivity index (χ3n) is 4.70. The minimum Gasteiger partial charge on any atom is -0.465 e. The number of carbonyl (C=O) groups excluding carboxylic acids is 2. The summed E-state index contributed by atoms with van der Waals surface area (Å²) in [6, 6.07) is 15.6. The lowest BCUT2D eigenvalue weighted by atomic mass is 10.2. The van der Waals surface area contributed by atoms with E-state index in [0.717, 1.165) is 18.5 Å². The molecular formula is C21H20N4O4. The van der Waals surface area contributed by atoms with Crippen LogP contribution in [0.5, 0.6) is 0 Å². The van der Waals surface area contributed by atoms with Gasteiger partial charge >= 0.3 is 11.7 Å². The number of hydrogen-bond donors (Lipinski definition) is 1. The second-order valence-corrected chi connectivity index (χ2v) is 6.86. The molecule has 1 aromatic heterocycles. The first-order valence-electron chi connectivity index (χ1n) is 9.30. The molecule has 1 saturated carbocycles. The van der Waals surface area contributed by atoms with Crippen LogP contribution < -0.4 is 11.0 Å². The summed E-state index contributed by atoms with van der Waals surface area (Å²) < 4.78 is 7.42. The summed E-state index contributed by atoms with van der Waals surface area (Å²) in [7, 11) is 1.31. The second kappa shape index (κ2) is 7.75. The Morgan fingerprint density at radius 3 is 2.41 bits per heavy atom. The van der Waals surface area contributed by atoms with Crippen molar-refractivity contribution in [2.75, 3.05) is 12.4 Å². The highest BCUT2D eigenvalue weighted by molar-refractivity contribution is 5.92. The maximum Gasteiger partial charge on any atom is 0.351 e. The van der Waals surface area contributed by atoms with Gasteiger partial charge in [-0.1, -0.05) is 18.2 Å². The Morgan fingerprint density at radius 1 is 1.10 bits per heavy atom. The number of ether oxygens (including phenoxy) is 1. The summed E-state index contributed by atoms with van der Waals surface area (Å²) in [5.41, 5.74) is 1.30. The molecule has 0 aliphatic heterocycles. The summed E-state index contributed by atoms with van der Waals surface area (Å²) in [5, 5.41) is 7.14. The van der Waals surface area contributed by atoms with Crippen LogP contribution in [-0.2, 0) is 16.1 Å². The minimum absolute atomic E-state index is 0.197. The molecule has 0 bridgehead atoms. The Bertz CT molecular complexity index is 1100. The van der Waals surface area contributed by atoms with Crippen LogP contribution in [0.1, 0.15) is 34.9 Å². The summed E-state index contributed by atoms with van der Waals surface area (Å²) >= 11 is 0. The van der Waals surface area contributed by atoms with E-state index in [4.69, 9.17) is 0 Å². The first-order chi connectivity index (χ1) is 14.1. The van der Waals surface area contributed by atoms with Gasteiger partial charge in [-0.25, -0.2) is 18.8 Å². The smallest absolute Gasteiger partial charge is 0.351 e. The van der Waals surface area contributed by atoms with E-state index in [1.807, 2.05) is 30.3 Å². The van der Waals surface area contributed by atoms with Crippen molar-refractivity contribution in [2.45, 2.75) is 25.3 Å². The van der Waals surface area contributed by atoms with E-state index in [9.17, 15) is 14.4 Å². The van der Waals surface area contributed by atoms with Crippen LogP contribution in [0.4, 0.5) is 5.69 Å². The highest BCUT2D eigenvalue weighted by Crippen LogP contribution is 2.39. The number of esters is 1. The monoisotopic (exact) mass is 392 g/mol. The van der Waals surface area contributed by atoms with Crippen LogP contribution in [0.3, 0.4) is 0 Å². The molecule has 0 radical (unpaired) electrons. The van der Waals surface area contributed by atoms with Crippen molar-refractivity contribution in [1.82, 2.24) is 14.3 Å². The SMILES string of the molecule is COC(=O)c1ccc(NC(=O)Cn2nc(C3CC3)n(-c3ccccc3)c2=O)cc1. The fraction of sp³-hybridized carbons (Fsp3) is 0.238. The molecule has 0 saturated heterocycles. The van der Waals surface area contributed by atoms with Gasteiger partial charge in [0, 0.05) is 11.6 Å². The fourth-order valence-corrected chi connectivity index (χ4v) is 3.10. The standard InChI is InChI=1S/C21H20N4O4/c1-29-20(27)15-9-11-16(12-10-15)22-18(26)13-24-21(28)25(17-5-3-2-4-6-17)19(23-24)14-7-8-14/h2-6,9-12,14H,7-8,13H2,1H3,(H,22,26). The largest absolute Gasteiger partial charge is 0.465 e. The first-order valence-corrected chi connectivity index (χ1v) is 9.30. The summed E-state index contributed by atoms with van der Waals surface area (Å²) in [4.78, 5) is 36.8. The molecule has 1 N–H and O–H groups in total. The summed E-state index contributed by atoms with van der Waals surface area (Å²) in [5.74, 6) is 0.112. The van der Waals surface area contributed by atoms with Crippen molar-refractivity contribution >= 4 is 17.6 Å². The molecule has 8 heteroatoms. The van der Waals surface area contributed by atoms with Crippen molar-refractivity contribution in [3.8, 4) is 5.69 Å². The number of nitrogens with zero attached hydrogens (tertiary/aromatic N) is 3. The van der Waals surface area contributed by atoms with Crippen molar-refractivity contribution in [1.29, 1.82) is 0 Å². The Kier molecular flexibility index (Phi) is 4.99. The van der Waals surface area contributed by atoms with E-state index in [-0.39, 0.29) is 24.1 Å². The van der Waals surface area contributed by atoms with E-state index in [0.29, 0.717) is 17.1 Å². The van der Waals surface area contributed by atoms with Crippen LogP contribution in [0, 0.1) is 0 Å². The summed E-state index contributed by atoms with van der Waals surface area (Å²) in [6.07, 6.45) is 1.98. The number of rotatable bonds is 6. The molecule has 0 unspecified atom stereocenters. The van der Waals surface area contributed by atoms with Gasteiger partial charge in [-0.15, -0.1) is 0 Å². The number of methoxy groups -OCH3 is 1. The lowest BCUT2D eigenvalue weighted by Gasteiger charge is -2.06. The van der Waals surface area contributed by atoms with Gasteiger partial charge in [0.15, 0.2) is 0 Å². The van der Waals surface area contributed by atoms with E-state index in [2.05, 4.69) is 15.2 Å². The number of carbonyl (C=O) groups is 2. The molecule has 8 nitrogen and oxygen atoms in total. The molecule has 4 rings (SSSR count). The number of aromatic nitrogens is 3. The number of amides is 1. The zero-order valence-corrected chi connectivity index (χ0v) is 15.9. The van der Waals surface area contributed by atoms with Crippen molar-refractivity contribution < 1.29 is 14.3 Å². The maximum absolute atomic E-state index is 12.9. The quantitative estimate of drug-likeness (QED) is 0.650. The van der Waals surface area contributed by atoms with Crippen molar-refractivity contribution in [2.24, 2.45) is 0 Å².